The van der Waals surface area contributed by atoms with Crippen molar-refractivity contribution < 1.29 is 5.11 Å². The first kappa shape index (κ1) is 18.5. The first-order valence-electron chi connectivity index (χ1n) is 9.51. The van der Waals surface area contributed by atoms with Crippen molar-refractivity contribution in [3.05, 3.63) is 56.2 Å². The van der Waals surface area contributed by atoms with Gasteiger partial charge in [0.05, 0.1) is 12.6 Å². The highest BCUT2D eigenvalue weighted by molar-refractivity contribution is 5.74. The van der Waals surface area contributed by atoms with Crippen LogP contribution in [0.25, 0.3) is 11.2 Å². The summed E-state index contributed by atoms with van der Waals surface area (Å²) in [4.78, 5) is 30.4. The summed E-state index contributed by atoms with van der Waals surface area (Å²) < 4.78 is 4.37. The van der Waals surface area contributed by atoms with Gasteiger partial charge in [-0.1, -0.05) is 29.8 Å². The maximum Gasteiger partial charge on any atom is 0.332 e. The van der Waals surface area contributed by atoms with E-state index in [-0.39, 0.29) is 29.9 Å². The molecule has 1 saturated carbocycles. The molecule has 0 bridgehead atoms. The van der Waals surface area contributed by atoms with Gasteiger partial charge in [0.25, 0.3) is 5.56 Å². The topological polar surface area (TPSA) is 94.1 Å². The molecule has 1 unspecified atom stereocenters. The van der Waals surface area contributed by atoms with Gasteiger partial charge >= 0.3 is 5.69 Å². The Hall–Kier alpha value is -2.87. The van der Waals surface area contributed by atoms with Crippen LogP contribution in [0.1, 0.15) is 30.4 Å². The van der Waals surface area contributed by atoms with Gasteiger partial charge in [-0.05, 0) is 31.7 Å². The van der Waals surface area contributed by atoms with Gasteiger partial charge in [0.15, 0.2) is 11.2 Å². The van der Waals surface area contributed by atoms with Gasteiger partial charge in [-0.2, -0.15) is 4.98 Å². The molecule has 1 aliphatic carbocycles. The summed E-state index contributed by atoms with van der Waals surface area (Å²) >= 11 is 0. The number of hydrogen-bond donors (Lipinski definition) is 2. The van der Waals surface area contributed by atoms with Gasteiger partial charge in [-0.15, -0.1) is 0 Å². The van der Waals surface area contributed by atoms with Gasteiger partial charge in [0.2, 0.25) is 5.95 Å². The van der Waals surface area contributed by atoms with Crippen LogP contribution < -0.4 is 16.6 Å². The van der Waals surface area contributed by atoms with Crippen molar-refractivity contribution in [2.24, 2.45) is 14.1 Å². The van der Waals surface area contributed by atoms with E-state index in [1.54, 1.807) is 18.7 Å². The highest BCUT2D eigenvalue weighted by atomic mass is 16.3. The number of aromatic nitrogens is 4. The smallest absolute Gasteiger partial charge is 0.332 e. The second kappa shape index (κ2) is 6.94. The molecule has 0 amide bonds. The second-order valence-electron chi connectivity index (χ2n) is 7.69. The minimum Gasteiger partial charge on any atom is -0.393 e. The van der Waals surface area contributed by atoms with Crippen molar-refractivity contribution in [1.82, 2.24) is 18.7 Å². The number of anilines is 1. The molecule has 2 N–H and O–H groups in total. The van der Waals surface area contributed by atoms with Crippen molar-refractivity contribution in [3.63, 3.8) is 0 Å². The van der Waals surface area contributed by atoms with Crippen molar-refractivity contribution in [2.75, 3.05) is 5.32 Å². The number of rotatable bonds is 4. The summed E-state index contributed by atoms with van der Waals surface area (Å²) in [5.74, 6) is 0.536. The summed E-state index contributed by atoms with van der Waals surface area (Å²) in [7, 11) is 3.40. The van der Waals surface area contributed by atoms with E-state index in [0.29, 0.717) is 23.5 Å². The summed E-state index contributed by atoms with van der Waals surface area (Å²) in [5, 5.41) is 13.0. The van der Waals surface area contributed by atoms with E-state index in [1.165, 1.54) is 9.13 Å². The number of aliphatic hydroxyl groups excluding tert-OH is 1. The van der Waals surface area contributed by atoms with Crippen LogP contribution in [-0.2, 0) is 20.6 Å². The van der Waals surface area contributed by atoms with E-state index >= 15 is 0 Å². The second-order valence-corrected chi connectivity index (χ2v) is 7.69. The first-order valence-corrected chi connectivity index (χ1v) is 9.51. The van der Waals surface area contributed by atoms with Crippen molar-refractivity contribution in [1.29, 1.82) is 0 Å². The lowest BCUT2D eigenvalue weighted by Gasteiger charge is -2.12. The zero-order chi connectivity index (χ0) is 20.0. The molecule has 0 radical (unpaired) electrons. The third-order valence-electron chi connectivity index (χ3n) is 5.56. The minimum absolute atomic E-state index is 0.109. The average molecular weight is 383 g/mol. The molecule has 0 saturated heterocycles. The van der Waals surface area contributed by atoms with E-state index in [0.717, 1.165) is 24.0 Å². The summed E-state index contributed by atoms with van der Waals surface area (Å²) in [6.07, 6.45) is 1.95. The Labute approximate surface area is 162 Å². The molecule has 148 valence electrons. The average Bonchev–Trinajstić information content (AvgIpc) is 3.22. The normalized spacial score (nSPS) is 19.4. The third kappa shape index (κ3) is 3.13. The van der Waals surface area contributed by atoms with Gasteiger partial charge in [-0.3, -0.25) is 13.9 Å². The Kier molecular flexibility index (Phi) is 4.58. The number of nitrogens with zero attached hydrogens (tertiary/aromatic N) is 4. The van der Waals surface area contributed by atoms with Crippen LogP contribution in [-0.4, -0.2) is 35.9 Å². The van der Waals surface area contributed by atoms with Crippen LogP contribution in [0, 0.1) is 6.92 Å². The Bertz CT molecular complexity index is 1140. The molecule has 3 aromatic rings. The lowest BCUT2D eigenvalue weighted by molar-refractivity contribution is 0.182. The maximum atomic E-state index is 13.1. The Morgan fingerprint density at radius 1 is 1.14 bits per heavy atom. The van der Waals surface area contributed by atoms with Gasteiger partial charge in [-0.25, -0.2) is 4.79 Å². The molecule has 1 fully saturated rings. The standard InChI is InChI=1S/C20H25N5O3/c1-12-4-6-13(7-5-12)11-25-18(27)16-17(24(3)20(25)28)22-19(23(16)2)21-14-8-9-15(26)10-14/h4-7,14-15,26H,8-11H2,1-3H3,(H,21,22)/t14?,15-/m0/s1. The maximum absolute atomic E-state index is 13.1. The zero-order valence-electron chi connectivity index (χ0n) is 16.3. The van der Waals surface area contributed by atoms with Crippen molar-refractivity contribution >= 4 is 17.1 Å². The molecule has 2 atom stereocenters. The molecule has 2 heterocycles. The van der Waals surface area contributed by atoms with E-state index in [1.807, 2.05) is 31.2 Å². The monoisotopic (exact) mass is 383 g/mol. The first-order chi connectivity index (χ1) is 13.3. The molecular formula is C20H25N5O3. The van der Waals surface area contributed by atoms with Crippen LogP contribution in [0.4, 0.5) is 5.95 Å². The van der Waals surface area contributed by atoms with Crippen LogP contribution in [0.15, 0.2) is 33.9 Å². The summed E-state index contributed by atoms with van der Waals surface area (Å²) in [6.45, 7) is 2.21. The quantitative estimate of drug-likeness (QED) is 0.704. The lowest BCUT2D eigenvalue weighted by Crippen LogP contribution is -2.39. The van der Waals surface area contributed by atoms with Gasteiger partial charge < -0.3 is 15.0 Å². The highest BCUT2D eigenvalue weighted by Gasteiger charge is 2.25. The van der Waals surface area contributed by atoms with E-state index in [2.05, 4.69) is 10.3 Å². The number of aryl methyl sites for hydroxylation is 3. The number of benzene rings is 1. The molecule has 1 aromatic carbocycles. The number of imidazole rings is 1. The van der Waals surface area contributed by atoms with Crippen molar-refractivity contribution in [2.45, 2.75) is 44.9 Å². The van der Waals surface area contributed by atoms with E-state index in [4.69, 9.17) is 0 Å². The molecule has 0 spiro atoms. The molecule has 4 rings (SSSR count). The van der Waals surface area contributed by atoms with Crippen LogP contribution in [0.2, 0.25) is 0 Å². The number of hydrogen-bond acceptors (Lipinski definition) is 5. The lowest BCUT2D eigenvalue weighted by atomic mass is 10.1. The Morgan fingerprint density at radius 2 is 1.86 bits per heavy atom. The number of nitrogens with one attached hydrogen (secondary N) is 1. The fourth-order valence-corrected chi connectivity index (χ4v) is 3.86. The molecule has 0 aliphatic heterocycles. The Balaban J connectivity index is 1.78. The molecule has 8 heteroatoms. The van der Waals surface area contributed by atoms with Crippen LogP contribution in [0.3, 0.4) is 0 Å². The fourth-order valence-electron chi connectivity index (χ4n) is 3.86. The molecular weight excluding hydrogens is 358 g/mol. The Morgan fingerprint density at radius 3 is 2.50 bits per heavy atom. The van der Waals surface area contributed by atoms with E-state index in [9.17, 15) is 14.7 Å². The van der Waals surface area contributed by atoms with Gasteiger partial charge in [0, 0.05) is 20.1 Å². The predicted octanol–water partition coefficient (Wildman–Crippen LogP) is 1.12. The zero-order valence-corrected chi connectivity index (χ0v) is 16.3. The highest BCUT2D eigenvalue weighted by Crippen LogP contribution is 2.23. The molecule has 2 aromatic heterocycles. The third-order valence-corrected chi connectivity index (χ3v) is 5.56. The molecule has 8 nitrogen and oxygen atoms in total. The predicted molar refractivity (Wildman–Crippen MR) is 108 cm³/mol. The minimum atomic E-state index is -0.390. The van der Waals surface area contributed by atoms with Gasteiger partial charge in [0.1, 0.15) is 0 Å². The molecule has 1 aliphatic rings. The van der Waals surface area contributed by atoms with Crippen molar-refractivity contribution in [3.8, 4) is 0 Å². The fraction of sp³-hybridized carbons (Fsp3) is 0.450. The number of aliphatic hydroxyl groups is 1. The van der Waals surface area contributed by atoms with E-state index < -0.39 is 0 Å². The summed E-state index contributed by atoms with van der Waals surface area (Å²) in [5.41, 5.74) is 2.02. The SMILES string of the molecule is Cc1ccc(Cn2c(=O)c3c(nc(NC4CC[C@H](O)C4)n3C)n(C)c2=O)cc1. The number of fused-ring (bicyclic) bond motifs is 1. The largest absolute Gasteiger partial charge is 0.393 e. The van der Waals surface area contributed by atoms with Crippen LogP contribution in [0.5, 0.6) is 0 Å². The van der Waals surface area contributed by atoms with Crippen LogP contribution >= 0.6 is 0 Å². The molecule has 28 heavy (non-hydrogen) atoms. The summed E-state index contributed by atoms with van der Waals surface area (Å²) in [6, 6.07) is 7.88.